The normalized spacial score (nSPS) is 14.7. The van der Waals surface area contributed by atoms with Crippen LogP contribution in [0.25, 0.3) is 0 Å². The van der Waals surface area contributed by atoms with Crippen LogP contribution >= 0.6 is 0 Å². The number of hydrogen-bond acceptors (Lipinski definition) is 3. The highest BCUT2D eigenvalue weighted by molar-refractivity contribution is 5.88. The monoisotopic (exact) mass is 243 g/mol. The fourth-order valence-corrected chi connectivity index (χ4v) is 1.97. The third-order valence-corrected chi connectivity index (χ3v) is 3.09. The summed E-state index contributed by atoms with van der Waals surface area (Å²) in [6.45, 7) is 0.398. The average Bonchev–Trinajstić information content (AvgIpc) is 3.11. The molecular weight excluding hydrogens is 230 g/mol. The highest BCUT2D eigenvalue weighted by Crippen LogP contribution is 2.38. The minimum Gasteiger partial charge on any atom is -0.478 e. The van der Waals surface area contributed by atoms with E-state index < -0.39 is 5.97 Å². The summed E-state index contributed by atoms with van der Waals surface area (Å²) in [5.74, 6) is -0.346. The van der Waals surface area contributed by atoms with Crippen molar-refractivity contribution >= 4 is 5.97 Å². The van der Waals surface area contributed by atoms with Gasteiger partial charge in [-0.3, -0.25) is 9.67 Å². The van der Waals surface area contributed by atoms with Gasteiger partial charge in [-0.05, 0) is 31.0 Å². The molecule has 1 aliphatic carbocycles. The van der Waals surface area contributed by atoms with Crippen molar-refractivity contribution in [2.45, 2.75) is 25.3 Å². The molecule has 0 aliphatic heterocycles. The SMILES string of the molecule is O=C(O)c1cccnc1Cn1ccc(C2CC2)n1. The van der Waals surface area contributed by atoms with E-state index in [4.69, 9.17) is 5.11 Å². The van der Waals surface area contributed by atoms with Gasteiger partial charge in [-0.2, -0.15) is 5.10 Å². The Morgan fingerprint density at radius 2 is 2.28 bits per heavy atom. The van der Waals surface area contributed by atoms with E-state index in [2.05, 4.69) is 10.1 Å². The van der Waals surface area contributed by atoms with Gasteiger partial charge < -0.3 is 5.11 Å². The van der Waals surface area contributed by atoms with Gasteiger partial charge in [0.05, 0.1) is 23.5 Å². The smallest absolute Gasteiger partial charge is 0.337 e. The molecule has 2 aromatic heterocycles. The first-order valence-corrected chi connectivity index (χ1v) is 5.94. The first kappa shape index (κ1) is 11.0. The third-order valence-electron chi connectivity index (χ3n) is 3.09. The molecule has 2 heterocycles. The Morgan fingerprint density at radius 3 is 3.00 bits per heavy atom. The molecular formula is C13H13N3O2. The molecule has 1 N–H and O–H groups in total. The topological polar surface area (TPSA) is 68.0 Å². The number of hydrogen-bond donors (Lipinski definition) is 1. The lowest BCUT2D eigenvalue weighted by atomic mass is 10.2. The zero-order valence-electron chi connectivity index (χ0n) is 9.78. The lowest BCUT2D eigenvalue weighted by Gasteiger charge is -2.04. The quantitative estimate of drug-likeness (QED) is 0.890. The molecule has 2 aromatic rings. The minimum absolute atomic E-state index is 0.237. The molecule has 0 atom stereocenters. The van der Waals surface area contributed by atoms with Crippen molar-refractivity contribution in [1.82, 2.24) is 14.8 Å². The van der Waals surface area contributed by atoms with Crippen LogP contribution in [0.15, 0.2) is 30.6 Å². The number of aromatic carboxylic acids is 1. The van der Waals surface area contributed by atoms with Gasteiger partial charge in [0, 0.05) is 18.3 Å². The Balaban J connectivity index is 1.84. The third kappa shape index (κ3) is 2.11. The number of carbonyl (C=O) groups is 1. The maximum Gasteiger partial charge on any atom is 0.337 e. The number of pyridine rings is 1. The van der Waals surface area contributed by atoms with Crippen LogP contribution in [0.5, 0.6) is 0 Å². The first-order valence-electron chi connectivity index (χ1n) is 5.94. The molecule has 1 aliphatic rings. The van der Waals surface area contributed by atoms with Gasteiger partial charge in [0.1, 0.15) is 0 Å². The Morgan fingerprint density at radius 1 is 1.44 bits per heavy atom. The Labute approximate surface area is 104 Å². The molecule has 0 radical (unpaired) electrons. The molecule has 1 fully saturated rings. The summed E-state index contributed by atoms with van der Waals surface area (Å²) in [4.78, 5) is 15.2. The molecule has 92 valence electrons. The number of carboxylic acid groups (broad SMARTS) is 1. The van der Waals surface area contributed by atoms with Gasteiger partial charge in [-0.1, -0.05) is 0 Å². The van der Waals surface area contributed by atoms with Crippen LogP contribution in [0.4, 0.5) is 0 Å². The van der Waals surface area contributed by atoms with Crippen molar-refractivity contribution in [3.63, 3.8) is 0 Å². The molecule has 0 amide bonds. The molecule has 3 rings (SSSR count). The van der Waals surface area contributed by atoms with E-state index in [0.717, 1.165) is 5.69 Å². The lowest BCUT2D eigenvalue weighted by molar-refractivity contribution is 0.0695. The Kier molecular flexibility index (Phi) is 2.59. The van der Waals surface area contributed by atoms with E-state index in [0.29, 0.717) is 18.2 Å². The Hall–Kier alpha value is -2.17. The van der Waals surface area contributed by atoms with Crippen molar-refractivity contribution in [2.75, 3.05) is 0 Å². The Bertz CT molecular complexity index is 587. The molecule has 0 saturated heterocycles. The van der Waals surface area contributed by atoms with E-state index in [1.54, 1.807) is 23.0 Å². The van der Waals surface area contributed by atoms with E-state index in [1.807, 2.05) is 12.3 Å². The van der Waals surface area contributed by atoms with Crippen LogP contribution in [0.3, 0.4) is 0 Å². The summed E-state index contributed by atoms with van der Waals surface area (Å²) in [6.07, 6.45) is 5.91. The second-order valence-electron chi connectivity index (χ2n) is 4.52. The predicted octanol–water partition coefficient (Wildman–Crippen LogP) is 1.90. The highest BCUT2D eigenvalue weighted by atomic mass is 16.4. The molecule has 0 aromatic carbocycles. The van der Waals surface area contributed by atoms with Gasteiger partial charge in [-0.15, -0.1) is 0 Å². The maximum absolute atomic E-state index is 11.1. The fourth-order valence-electron chi connectivity index (χ4n) is 1.97. The summed E-state index contributed by atoms with van der Waals surface area (Å²) in [5, 5.41) is 13.5. The summed E-state index contributed by atoms with van der Waals surface area (Å²) < 4.78 is 1.75. The molecule has 1 saturated carbocycles. The molecule has 5 nitrogen and oxygen atoms in total. The fraction of sp³-hybridized carbons (Fsp3) is 0.308. The van der Waals surface area contributed by atoms with Gasteiger partial charge >= 0.3 is 5.97 Å². The van der Waals surface area contributed by atoms with E-state index >= 15 is 0 Å². The minimum atomic E-state index is -0.951. The summed E-state index contributed by atoms with van der Waals surface area (Å²) in [7, 11) is 0. The summed E-state index contributed by atoms with van der Waals surface area (Å²) in [5.41, 5.74) is 1.87. The van der Waals surface area contributed by atoms with Crippen LogP contribution in [-0.4, -0.2) is 25.8 Å². The highest BCUT2D eigenvalue weighted by Gasteiger charge is 2.25. The number of rotatable bonds is 4. The number of nitrogens with zero attached hydrogens (tertiary/aromatic N) is 3. The molecule has 5 heteroatoms. The predicted molar refractivity (Wildman–Crippen MR) is 64.5 cm³/mol. The second kappa shape index (κ2) is 4.25. The summed E-state index contributed by atoms with van der Waals surface area (Å²) in [6, 6.07) is 5.20. The lowest BCUT2D eigenvalue weighted by Crippen LogP contribution is -2.09. The zero-order valence-corrected chi connectivity index (χ0v) is 9.78. The van der Waals surface area contributed by atoms with E-state index in [-0.39, 0.29) is 5.56 Å². The van der Waals surface area contributed by atoms with Crippen molar-refractivity contribution in [2.24, 2.45) is 0 Å². The van der Waals surface area contributed by atoms with Crippen molar-refractivity contribution in [1.29, 1.82) is 0 Å². The summed E-state index contributed by atoms with van der Waals surface area (Å²) >= 11 is 0. The van der Waals surface area contributed by atoms with E-state index in [9.17, 15) is 4.79 Å². The molecule has 0 bridgehead atoms. The largest absolute Gasteiger partial charge is 0.478 e. The van der Waals surface area contributed by atoms with Gasteiger partial charge in [-0.25, -0.2) is 4.79 Å². The average molecular weight is 243 g/mol. The van der Waals surface area contributed by atoms with Gasteiger partial charge in [0.15, 0.2) is 0 Å². The van der Waals surface area contributed by atoms with Crippen LogP contribution in [0, 0.1) is 0 Å². The molecule has 0 spiro atoms. The second-order valence-corrected chi connectivity index (χ2v) is 4.52. The van der Waals surface area contributed by atoms with Crippen LogP contribution < -0.4 is 0 Å². The maximum atomic E-state index is 11.1. The zero-order chi connectivity index (χ0) is 12.5. The van der Waals surface area contributed by atoms with Crippen molar-refractivity contribution in [3.05, 3.63) is 47.5 Å². The first-order chi connectivity index (χ1) is 8.74. The standard InChI is InChI=1S/C13H13N3O2/c17-13(18)10-2-1-6-14-12(10)8-16-7-5-11(15-16)9-3-4-9/h1-2,5-7,9H,3-4,8H2,(H,17,18). The van der Waals surface area contributed by atoms with Crippen LogP contribution in [-0.2, 0) is 6.54 Å². The van der Waals surface area contributed by atoms with Crippen LogP contribution in [0.1, 0.15) is 40.5 Å². The van der Waals surface area contributed by atoms with Gasteiger partial charge in [0.25, 0.3) is 0 Å². The van der Waals surface area contributed by atoms with E-state index in [1.165, 1.54) is 12.8 Å². The van der Waals surface area contributed by atoms with Gasteiger partial charge in [0.2, 0.25) is 0 Å². The number of aromatic nitrogens is 3. The molecule has 0 unspecified atom stereocenters. The number of carboxylic acids is 1. The molecule has 18 heavy (non-hydrogen) atoms. The van der Waals surface area contributed by atoms with Crippen molar-refractivity contribution < 1.29 is 9.90 Å². The van der Waals surface area contributed by atoms with Crippen LogP contribution in [0.2, 0.25) is 0 Å². The van der Waals surface area contributed by atoms with Crippen molar-refractivity contribution in [3.8, 4) is 0 Å².